The Labute approximate surface area is 91.6 Å². The number of hydrogen-bond acceptors (Lipinski definition) is 2. The van der Waals surface area contributed by atoms with Gasteiger partial charge in [-0.25, -0.2) is 0 Å². The first-order chi connectivity index (χ1) is 6.46. The monoisotopic (exact) mass is 241 g/mol. The molecule has 0 amide bonds. The van der Waals surface area contributed by atoms with Gasteiger partial charge in [0.25, 0.3) is 0 Å². The molecule has 86 valence electrons. The minimum atomic E-state index is -4.45. The highest BCUT2D eigenvalue weighted by Gasteiger charge is 2.39. The van der Waals surface area contributed by atoms with Crippen LogP contribution in [0.4, 0.5) is 13.2 Å². The van der Waals surface area contributed by atoms with Gasteiger partial charge in [-0.2, -0.15) is 13.2 Å². The molecule has 0 radical (unpaired) electrons. The van der Waals surface area contributed by atoms with Crippen molar-refractivity contribution in [2.45, 2.75) is 12.2 Å². The van der Waals surface area contributed by atoms with E-state index in [1.807, 2.05) is 0 Å². The second kappa shape index (κ2) is 5.23. The Morgan fingerprint density at radius 1 is 1.27 bits per heavy atom. The van der Waals surface area contributed by atoms with Crippen molar-refractivity contribution in [3.63, 3.8) is 0 Å². The second-order valence-corrected chi connectivity index (χ2v) is 2.76. The minimum absolute atomic E-state index is 0. The van der Waals surface area contributed by atoms with Gasteiger partial charge in [-0.05, 0) is 6.07 Å². The van der Waals surface area contributed by atoms with Crippen LogP contribution in [0.5, 0.6) is 5.75 Å². The van der Waals surface area contributed by atoms with Crippen molar-refractivity contribution in [3.05, 3.63) is 29.8 Å². The third-order valence-electron chi connectivity index (χ3n) is 1.83. The van der Waals surface area contributed by atoms with Gasteiger partial charge >= 0.3 is 6.18 Å². The molecule has 0 spiro atoms. The molecule has 0 unspecified atom stereocenters. The number of alkyl halides is 3. The van der Waals surface area contributed by atoms with E-state index in [2.05, 4.69) is 0 Å². The zero-order chi connectivity index (χ0) is 10.8. The molecule has 0 aliphatic carbocycles. The number of hydrogen-bond donors (Lipinski definition) is 1. The lowest BCUT2D eigenvalue weighted by atomic mass is 10.1. The van der Waals surface area contributed by atoms with Gasteiger partial charge in [0.2, 0.25) is 0 Å². The van der Waals surface area contributed by atoms with Crippen LogP contribution in [0.15, 0.2) is 24.3 Å². The molecule has 0 saturated carbocycles. The lowest BCUT2D eigenvalue weighted by molar-refractivity contribution is -0.149. The Bertz CT molecular complexity index is 316. The summed E-state index contributed by atoms with van der Waals surface area (Å²) in [5, 5.41) is 0. The van der Waals surface area contributed by atoms with E-state index in [1.54, 1.807) is 6.07 Å². The summed E-state index contributed by atoms with van der Waals surface area (Å²) in [7, 11) is 1.31. The molecule has 1 rings (SSSR count). The largest absolute Gasteiger partial charge is 0.496 e. The summed E-state index contributed by atoms with van der Waals surface area (Å²) >= 11 is 0. The molecule has 0 aromatic heterocycles. The summed E-state index contributed by atoms with van der Waals surface area (Å²) in [6.45, 7) is 0. The Balaban J connectivity index is 0.00000196. The number of para-hydroxylation sites is 1. The topological polar surface area (TPSA) is 35.2 Å². The van der Waals surface area contributed by atoms with Gasteiger partial charge in [0.05, 0.1) is 7.11 Å². The van der Waals surface area contributed by atoms with Crippen LogP contribution in [0.2, 0.25) is 0 Å². The molecule has 0 fully saturated rings. The van der Waals surface area contributed by atoms with E-state index in [4.69, 9.17) is 10.5 Å². The highest BCUT2D eigenvalue weighted by atomic mass is 35.5. The molecule has 0 heterocycles. The van der Waals surface area contributed by atoms with E-state index in [9.17, 15) is 13.2 Å². The maximum Gasteiger partial charge on any atom is 0.407 e. The summed E-state index contributed by atoms with van der Waals surface area (Å²) < 4.78 is 41.6. The molecule has 0 bridgehead atoms. The molecule has 1 aromatic rings. The van der Waals surface area contributed by atoms with Crippen LogP contribution in [0.25, 0.3) is 0 Å². The first-order valence-corrected chi connectivity index (χ1v) is 3.92. The molecule has 0 aliphatic heterocycles. The van der Waals surface area contributed by atoms with E-state index < -0.39 is 12.2 Å². The zero-order valence-corrected chi connectivity index (χ0v) is 8.73. The van der Waals surface area contributed by atoms with E-state index >= 15 is 0 Å². The van der Waals surface area contributed by atoms with Gasteiger partial charge in [-0.1, -0.05) is 18.2 Å². The highest BCUT2D eigenvalue weighted by molar-refractivity contribution is 5.85. The number of benzene rings is 1. The van der Waals surface area contributed by atoms with Gasteiger partial charge < -0.3 is 10.5 Å². The maximum atomic E-state index is 12.3. The van der Waals surface area contributed by atoms with Crippen LogP contribution >= 0.6 is 12.4 Å². The molecule has 15 heavy (non-hydrogen) atoms. The van der Waals surface area contributed by atoms with Crippen molar-refractivity contribution in [2.75, 3.05) is 7.11 Å². The first-order valence-electron chi connectivity index (χ1n) is 3.92. The van der Waals surface area contributed by atoms with Gasteiger partial charge in [-0.3, -0.25) is 0 Å². The van der Waals surface area contributed by atoms with Crippen LogP contribution in [0.3, 0.4) is 0 Å². The van der Waals surface area contributed by atoms with E-state index in [-0.39, 0.29) is 23.7 Å². The van der Waals surface area contributed by atoms with Crippen molar-refractivity contribution >= 4 is 12.4 Å². The molecule has 1 atom stereocenters. The average Bonchev–Trinajstić information content (AvgIpc) is 2.15. The molecule has 2 nitrogen and oxygen atoms in total. The molecule has 0 aliphatic rings. The summed E-state index contributed by atoms with van der Waals surface area (Å²) in [5.41, 5.74) is 4.99. The molecule has 6 heteroatoms. The Kier molecular flexibility index (Phi) is 4.90. The fourth-order valence-electron chi connectivity index (χ4n) is 1.10. The highest BCUT2D eigenvalue weighted by Crippen LogP contribution is 2.34. The normalized spacial score (nSPS) is 12.9. The lowest BCUT2D eigenvalue weighted by Crippen LogP contribution is -2.28. The van der Waals surface area contributed by atoms with Crippen molar-refractivity contribution in [1.82, 2.24) is 0 Å². The van der Waals surface area contributed by atoms with Crippen LogP contribution in [-0.2, 0) is 0 Å². The van der Waals surface area contributed by atoms with Gasteiger partial charge in [-0.15, -0.1) is 12.4 Å². The van der Waals surface area contributed by atoms with Crippen molar-refractivity contribution in [3.8, 4) is 5.75 Å². The zero-order valence-electron chi connectivity index (χ0n) is 7.91. The number of halogens is 4. The second-order valence-electron chi connectivity index (χ2n) is 2.76. The quantitative estimate of drug-likeness (QED) is 0.864. The number of methoxy groups -OCH3 is 1. The third kappa shape index (κ3) is 3.28. The minimum Gasteiger partial charge on any atom is -0.496 e. The summed E-state index contributed by atoms with van der Waals surface area (Å²) in [6.07, 6.45) is -4.45. The third-order valence-corrected chi connectivity index (χ3v) is 1.83. The van der Waals surface area contributed by atoms with Crippen molar-refractivity contribution in [1.29, 1.82) is 0 Å². The van der Waals surface area contributed by atoms with E-state index in [0.29, 0.717) is 0 Å². The predicted octanol–water partition coefficient (Wildman–Crippen LogP) is 2.68. The van der Waals surface area contributed by atoms with Gasteiger partial charge in [0, 0.05) is 5.56 Å². The van der Waals surface area contributed by atoms with Crippen LogP contribution in [0, 0.1) is 0 Å². The fourth-order valence-corrected chi connectivity index (χ4v) is 1.10. The molecule has 1 aromatic carbocycles. The average molecular weight is 242 g/mol. The maximum absolute atomic E-state index is 12.3. The Morgan fingerprint density at radius 3 is 2.27 bits per heavy atom. The standard InChI is InChI=1S/C9H10F3NO.ClH/c1-14-7-5-3-2-4-6(7)8(13)9(10,11)12;/h2-5,8H,13H2,1H3;1H/t8-;/m1./s1. The van der Waals surface area contributed by atoms with Crippen molar-refractivity contribution in [2.24, 2.45) is 5.73 Å². The fraction of sp³-hybridized carbons (Fsp3) is 0.333. The smallest absolute Gasteiger partial charge is 0.407 e. The van der Waals surface area contributed by atoms with Crippen LogP contribution < -0.4 is 10.5 Å². The molecule has 2 N–H and O–H groups in total. The van der Waals surface area contributed by atoms with E-state index in [0.717, 1.165) is 0 Å². The number of rotatable bonds is 2. The van der Waals surface area contributed by atoms with Crippen LogP contribution in [-0.4, -0.2) is 13.3 Å². The number of nitrogens with two attached hydrogens (primary N) is 1. The van der Waals surface area contributed by atoms with Crippen LogP contribution in [0.1, 0.15) is 11.6 Å². The van der Waals surface area contributed by atoms with Crippen molar-refractivity contribution < 1.29 is 17.9 Å². The molecular weight excluding hydrogens is 231 g/mol. The summed E-state index contributed by atoms with van der Waals surface area (Å²) in [6, 6.07) is 3.82. The summed E-state index contributed by atoms with van der Waals surface area (Å²) in [4.78, 5) is 0. The SMILES string of the molecule is COc1ccccc1[C@@H](N)C(F)(F)F.Cl. The Morgan fingerprint density at radius 2 is 1.80 bits per heavy atom. The van der Waals surface area contributed by atoms with Gasteiger partial charge in [0.1, 0.15) is 11.8 Å². The Hall–Kier alpha value is -0.940. The van der Waals surface area contributed by atoms with E-state index in [1.165, 1.54) is 25.3 Å². The predicted molar refractivity (Wildman–Crippen MR) is 53.2 cm³/mol. The lowest BCUT2D eigenvalue weighted by Gasteiger charge is -2.18. The first kappa shape index (κ1) is 14.1. The number of ether oxygens (including phenoxy) is 1. The molecule has 0 saturated heterocycles. The summed E-state index contributed by atoms with van der Waals surface area (Å²) in [5.74, 6) is 0.150. The van der Waals surface area contributed by atoms with Gasteiger partial charge in [0.15, 0.2) is 0 Å². The molecular formula is C9H11ClF3NO.